The van der Waals surface area contributed by atoms with Crippen molar-refractivity contribution in [2.45, 2.75) is 20.0 Å². The van der Waals surface area contributed by atoms with Crippen molar-refractivity contribution in [3.8, 4) is 5.75 Å². The minimum Gasteiger partial charge on any atom is -0.479 e. The Morgan fingerprint density at radius 3 is 2.59 bits per heavy atom. The molecule has 0 N–H and O–H groups in total. The number of fused-ring (bicyclic) bond motifs is 1. The highest BCUT2D eigenvalue weighted by molar-refractivity contribution is 9.10. The quantitative estimate of drug-likeness (QED) is 0.548. The molecule has 1 unspecified atom stereocenters. The van der Waals surface area contributed by atoms with Crippen LogP contribution in [0.5, 0.6) is 5.75 Å². The number of carbonyl (C=O) groups is 1. The number of aromatic nitrogens is 3. The summed E-state index contributed by atoms with van der Waals surface area (Å²) in [6.45, 7) is 3.75. The summed E-state index contributed by atoms with van der Waals surface area (Å²) in [4.78, 5) is 18.0. The summed E-state index contributed by atoms with van der Waals surface area (Å²) < 4.78 is 11.5. The van der Waals surface area contributed by atoms with Gasteiger partial charge in [0.25, 0.3) is 0 Å². The van der Waals surface area contributed by atoms with E-state index in [1.54, 1.807) is 26.0 Å². The normalized spacial score (nSPS) is 11.9. The average molecular weight is 431 g/mol. The van der Waals surface area contributed by atoms with Crippen molar-refractivity contribution >= 4 is 44.6 Å². The van der Waals surface area contributed by atoms with Gasteiger partial charge < -0.3 is 14.4 Å². The monoisotopic (exact) mass is 430 g/mol. The molecule has 0 aliphatic rings. The highest BCUT2D eigenvalue weighted by Crippen LogP contribution is 2.25. The van der Waals surface area contributed by atoms with Crippen molar-refractivity contribution in [2.24, 2.45) is 0 Å². The summed E-state index contributed by atoms with van der Waals surface area (Å²) in [6, 6.07) is 13.0. The Morgan fingerprint density at radius 1 is 1.15 bits per heavy atom. The molecule has 3 rings (SSSR count). The van der Waals surface area contributed by atoms with E-state index in [0.29, 0.717) is 18.3 Å². The van der Waals surface area contributed by atoms with Gasteiger partial charge in [0.15, 0.2) is 6.10 Å². The van der Waals surface area contributed by atoms with Gasteiger partial charge in [0.2, 0.25) is 5.95 Å². The van der Waals surface area contributed by atoms with Gasteiger partial charge in [-0.25, -0.2) is 9.78 Å². The van der Waals surface area contributed by atoms with Gasteiger partial charge >= 0.3 is 5.97 Å². The van der Waals surface area contributed by atoms with Crippen LogP contribution in [0.1, 0.15) is 13.8 Å². The first-order valence-electron chi connectivity index (χ1n) is 8.45. The Bertz CT molecular complexity index is 949. The van der Waals surface area contributed by atoms with Crippen LogP contribution in [0, 0.1) is 0 Å². The molecule has 2 aromatic carbocycles. The lowest BCUT2D eigenvalue weighted by molar-refractivity contribution is -0.150. The van der Waals surface area contributed by atoms with Crippen molar-refractivity contribution < 1.29 is 14.3 Å². The van der Waals surface area contributed by atoms with E-state index in [4.69, 9.17) is 9.47 Å². The SMILES string of the molecule is CCOC(=O)C(C)Oc1ccc(N(C)c2nnc3cc(Br)ccc3n2)cc1. The predicted octanol–water partition coefficient (Wildman–Crippen LogP) is 3.89. The van der Waals surface area contributed by atoms with Crippen LogP contribution in [0.3, 0.4) is 0 Å². The fourth-order valence-corrected chi connectivity index (χ4v) is 2.77. The Balaban J connectivity index is 1.74. The summed E-state index contributed by atoms with van der Waals surface area (Å²) in [7, 11) is 1.86. The molecule has 0 saturated heterocycles. The molecule has 7 nitrogen and oxygen atoms in total. The van der Waals surface area contributed by atoms with Gasteiger partial charge in [0.05, 0.1) is 12.1 Å². The number of carbonyl (C=O) groups excluding carboxylic acids is 1. The highest BCUT2D eigenvalue weighted by Gasteiger charge is 2.16. The molecule has 1 heterocycles. The van der Waals surface area contributed by atoms with Crippen LogP contribution in [-0.2, 0) is 9.53 Å². The number of halogens is 1. The molecule has 0 spiro atoms. The molecule has 0 fully saturated rings. The lowest BCUT2D eigenvalue weighted by atomic mass is 10.3. The zero-order valence-corrected chi connectivity index (χ0v) is 16.8. The molecular weight excluding hydrogens is 412 g/mol. The van der Waals surface area contributed by atoms with E-state index in [9.17, 15) is 4.79 Å². The van der Waals surface area contributed by atoms with E-state index in [-0.39, 0.29) is 5.97 Å². The summed E-state index contributed by atoms with van der Waals surface area (Å²) in [5, 5.41) is 8.41. The largest absolute Gasteiger partial charge is 0.479 e. The van der Waals surface area contributed by atoms with Crippen LogP contribution < -0.4 is 9.64 Å². The second-order valence-corrected chi connectivity index (χ2v) is 6.73. The minimum absolute atomic E-state index is 0.326. The lowest BCUT2D eigenvalue weighted by Gasteiger charge is -2.18. The van der Waals surface area contributed by atoms with Crippen molar-refractivity contribution in [1.29, 1.82) is 0 Å². The number of hydrogen-bond donors (Lipinski definition) is 0. The van der Waals surface area contributed by atoms with E-state index in [0.717, 1.165) is 21.2 Å². The first-order chi connectivity index (χ1) is 13.0. The van der Waals surface area contributed by atoms with Gasteiger partial charge in [-0.15, -0.1) is 10.2 Å². The second-order valence-electron chi connectivity index (χ2n) is 5.81. The zero-order chi connectivity index (χ0) is 19.4. The van der Waals surface area contributed by atoms with Crippen molar-refractivity contribution in [3.05, 3.63) is 46.9 Å². The van der Waals surface area contributed by atoms with E-state index < -0.39 is 6.10 Å². The van der Waals surface area contributed by atoms with Crippen molar-refractivity contribution in [1.82, 2.24) is 15.2 Å². The highest BCUT2D eigenvalue weighted by atomic mass is 79.9. The van der Waals surface area contributed by atoms with Gasteiger partial charge in [-0.05, 0) is 56.3 Å². The van der Waals surface area contributed by atoms with Crippen molar-refractivity contribution in [2.75, 3.05) is 18.6 Å². The molecular formula is C19H19BrN4O3. The number of benzene rings is 2. The number of esters is 1. The van der Waals surface area contributed by atoms with E-state index in [1.807, 2.05) is 42.3 Å². The summed E-state index contributed by atoms with van der Waals surface area (Å²) in [6.07, 6.45) is -0.666. The topological polar surface area (TPSA) is 77.4 Å². The van der Waals surface area contributed by atoms with Crippen LogP contribution in [0.4, 0.5) is 11.6 Å². The maximum Gasteiger partial charge on any atom is 0.347 e. The summed E-state index contributed by atoms with van der Waals surface area (Å²) >= 11 is 3.41. The molecule has 8 heteroatoms. The third kappa shape index (κ3) is 4.51. The molecule has 3 aromatic rings. The zero-order valence-electron chi connectivity index (χ0n) is 15.2. The predicted molar refractivity (Wildman–Crippen MR) is 106 cm³/mol. The van der Waals surface area contributed by atoms with Crippen LogP contribution in [0.25, 0.3) is 11.0 Å². The van der Waals surface area contributed by atoms with Gasteiger partial charge in [0.1, 0.15) is 11.3 Å². The maximum absolute atomic E-state index is 11.7. The number of nitrogens with zero attached hydrogens (tertiary/aromatic N) is 4. The number of hydrogen-bond acceptors (Lipinski definition) is 7. The Labute approximate surface area is 165 Å². The Hall–Kier alpha value is -2.74. The van der Waals surface area contributed by atoms with Gasteiger partial charge in [-0.3, -0.25) is 0 Å². The molecule has 0 radical (unpaired) electrons. The first kappa shape index (κ1) is 19.0. The first-order valence-corrected chi connectivity index (χ1v) is 9.24. The van der Waals surface area contributed by atoms with Crippen LogP contribution >= 0.6 is 15.9 Å². The summed E-state index contributed by atoms with van der Waals surface area (Å²) in [5.74, 6) is 0.675. The molecule has 0 bridgehead atoms. The van der Waals surface area contributed by atoms with E-state index in [2.05, 4.69) is 31.1 Å². The van der Waals surface area contributed by atoms with E-state index in [1.165, 1.54) is 0 Å². The molecule has 0 aliphatic heterocycles. The Kier molecular flexibility index (Phi) is 5.85. The smallest absolute Gasteiger partial charge is 0.347 e. The average Bonchev–Trinajstić information content (AvgIpc) is 2.67. The fourth-order valence-electron chi connectivity index (χ4n) is 2.42. The van der Waals surface area contributed by atoms with Crippen LogP contribution in [0.15, 0.2) is 46.9 Å². The molecule has 27 heavy (non-hydrogen) atoms. The molecule has 0 aliphatic carbocycles. The maximum atomic E-state index is 11.7. The number of rotatable bonds is 6. The van der Waals surface area contributed by atoms with Crippen LogP contribution in [-0.4, -0.2) is 40.9 Å². The molecule has 1 aromatic heterocycles. The van der Waals surface area contributed by atoms with Gasteiger partial charge in [-0.2, -0.15) is 0 Å². The Morgan fingerprint density at radius 2 is 1.89 bits per heavy atom. The standard InChI is InChI=1S/C19H19BrN4O3/c1-4-26-18(25)12(2)27-15-8-6-14(7-9-15)24(3)19-21-16-10-5-13(20)11-17(16)22-23-19/h5-12H,4H2,1-3H3. The number of ether oxygens (including phenoxy) is 2. The van der Waals surface area contributed by atoms with Gasteiger partial charge in [-0.1, -0.05) is 15.9 Å². The van der Waals surface area contributed by atoms with Crippen molar-refractivity contribution in [3.63, 3.8) is 0 Å². The lowest BCUT2D eigenvalue weighted by Crippen LogP contribution is -2.26. The summed E-state index contributed by atoms with van der Waals surface area (Å²) in [5.41, 5.74) is 2.35. The molecule has 140 valence electrons. The molecule has 0 amide bonds. The third-order valence-electron chi connectivity index (χ3n) is 3.86. The molecule has 0 saturated carbocycles. The van der Waals surface area contributed by atoms with E-state index >= 15 is 0 Å². The number of anilines is 2. The second kappa shape index (κ2) is 8.30. The molecule has 1 atom stereocenters. The fraction of sp³-hybridized carbons (Fsp3) is 0.263. The minimum atomic E-state index is -0.666. The van der Waals surface area contributed by atoms with Gasteiger partial charge in [0, 0.05) is 17.2 Å². The van der Waals surface area contributed by atoms with Crippen LogP contribution in [0.2, 0.25) is 0 Å². The third-order valence-corrected chi connectivity index (χ3v) is 4.35.